The van der Waals surface area contributed by atoms with Crippen LogP contribution in [0, 0.1) is 13.8 Å². The molecule has 0 bridgehead atoms. The highest BCUT2D eigenvalue weighted by molar-refractivity contribution is 9.10. The van der Waals surface area contributed by atoms with Crippen LogP contribution in [0.2, 0.25) is 0 Å². The minimum Gasteiger partial charge on any atom is -0.384 e. The lowest BCUT2D eigenvalue weighted by molar-refractivity contribution is -0.137. The number of alkyl halides is 3. The van der Waals surface area contributed by atoms with E-state index in [0.29, 0.717) is 5.56 Å². The van der Waals surface area contributed by atoms with Gasteiger partial charge in [0, 0.05) is 19.8 Å². The smallest absolute Gasteiger partial charge is 0.384 e. The fraction of sp³-hybridized carbons (Fsp3) is 0.286. The summed E-state index contributed by atoms with van der Waals surface area (Å²) in [5.74, 6) is 0. The van der Waals surface area contributed by atoms with E-state index in [1.807, 2.05) is 13.8 Å². The molecule has 0 saturated heterocycles. The monoisotopic (exact) mass is 364 g/mol. The van der Waals surface area contributed by atoms with Crippen LogP contribution in [0.4, 0.5) is 13.2 Å². The zero-order valence-corrected chi connectivity index (χ0v) is 13.2. The average Bonchev–Trinajstić information content (AvgIpc) is 2.62. The predicted molar refractivity (Wildman–Crippen MR) is 77.0 cm³/mol. The van der Waals surface area contributed by atoms with Gasteiger partial charge in [-0.1, -0.05) is 12.1 Å². The number of aliphatic hydroxyl groups is 1. The van der Waals surface area contributed by atoms with Gasteiger partial charge in [-0.25, -0.2) is 0 Å². The van der Waals surface area contributed by atoms with Crippen molar-refractivity contribution in [2.75, 3.05) is 0 Å². The van der Waals surface area contributed by atoms with Crippen molar-refractivity contribution in [3.8, 4) is 0 Å². The summed E-state index contributed by atoms with van der Waals surface area (Å²) in [6, 6.07) is 4.79. The van der Waals surface area contributed by atoms with Crippen LogP contribution < -0.4 is 0 Å². The van der Waals surface area contributed by atoms with E-state index in [2.05, 4.69) is 15.9 Å². The molecule has 20 heavy (non-hydrogen) atoms. The standard InChI is InChI=1S/C14H12BrF3OS/c1-7-11(12(15)8(2)20-7)13(19)9-4-3-5-10(6-9)14(16,17)18/h3-6,13,19H,1-2H3. The van der Waals surface area contributed by atoms with Crippen molar-refractivity contribution >= 4 is 27.3 Å². The fourth-order valence-electron chi connectivity index (χ4n) is 2.04. The van der Waals surface area contributed by atoms with Crippen molar-refractivity contribution in [3.05, 3.63) is 55.2 Å². The summed E-state index contributed by atoms with van der Waals surface area (Å²) >= 11 is 4.88. The lowest BCUT2D eigenvalue weighted by Gasteiger charge is -2.14. The van der Waals surface area contributed by atoms with Gasteiger partial charge >= 0.3 is 6.18 Å². The summed E-state index contributed by atoms with van der Waals surface area (Å²) in [4.78, 5) is 1.88. The Hall–Kier alpha value is -0.850. The Kier molecular flexibility index (Phi) is 4.27. The van der Waals surface area contributed by atoms with E-state index in [1.54, 1.807) is 0 Å². The molecule has 0 fully saturated rings. The Morgan fingerprint density at radius 3 is 2.35 bits per heavy atom. The first-order valence-electron chi connectivity index (χ1n) is 5.82. The Balaban J connectivity index is 2.46. The third-order valence-corrected chi connectivity index (χ3v) is 5.35. The Morgan fingerprint density at radius 2 is 1.85 bits per heavy atom. The van der Waals surface area contributed by atoms with Gasteiger partial charge < -0.3 is 5.11 Å². The summed E-state index contributed by atoms with van der Waals surface area (Å²) in [7, 11) is 0. The highest BCUT2D eigenvalue weighted by Gasteiger charge is 2.31. The van der Waals surface area contributed by atoms with Gasteiger partial charge in [-0.05, 0) is 47.5 Å². The Bertz CT molecular complexity index is 634. The van der Waals surface area contributed by atoms with E-state index in [9.17, 15) is 18.3 Å². The lowest BCUT2D eigenvalue weighted by Crippen LogP contribution is -2.07. The summed E-state index contributed by atoms with van der Waals surface area (Å²) in [5, 5.41) is 10.4. The van der Waals surface area contributed by atoms with Crippen LogP contribution >= 0.6 is 27.3 Å². The normalized spacial score (nSPS) is 13.6. The first-order valence-corrected chi connectivity index (χ1v) is 7.43. The topological polar surface area (TPSA) is 20.2 Å². The summed E-state index contributed by atoms with van der Waals surface area (Å²) in [5.41, 5.74) is 0.114. The molecule has 1 nitrogen and oxygen atoms in total. The molecule has 108 valence electrons. The zero-order chi connectivity index (χ0) is 15.1. The lowest BCUT2D eigenvalue weighted by atomic mass is 10.00. The maximum absolute atomic E-state index is 12.7. The van der Waals surface area contributed by atoms with Gasteiger partial charge in [-0.2, -0.15) is 13.2 Å². The van der Waals surface area contributed by atoms with Crippen LogP contribution in [0.25, 0.3) is 0 Å². The molecule has 6 heteroatoms. The summed E-state index contributed by atoms with van der Waals surface area (Å²) in [6.45, 7) is 3.73. The van der Waals surface area contributed by atoms with E-state index in [1.165, 1.54) is 23.5 Å². The molecule has 0 amide bonds. The van der Waals surface area contributed by atoms with E-state index in [0.717, 1.165) is 26.4 Å². The third kappa shape index (κ3) is 2.92. The maximum atomic E-state index is 12.7. The van der Waals surface area contributed by atoms with Crippen molar-refractivity contribution < 1.29 is 18.3 Å². The third-order valence-electron chi connectivity index (χ3n) is 3.03. The highest BCUT2D eigenvalue weighted by atomic mass is 79.9. The molecule has 0 saturated carbocycles. The van der Waals surface area contributed by atoms with Gasteiger partial charge in [0.15, 0.2) is 0 Å². The molecule has 0 aliphatic carbocycles. The van der Waals surface area contributed by atoms with Gasteiger partial charge in [0.1, 0.15) is 6.10 Å². The molecule has 1 atom stereocenters. The minimum absolute atomic E-state index is 0.237. The van der Waals surface area contributed by atoms with Crippen molar-refractivity contribution in [3.63, 3.8) is 0 Å². The van der Waals surface area contributed by atoms with Gasteiger partial charge in [-0.3, -0.25) is 0 Å². The molecule has 1 heterocycles. The minimum atomic E-state index is -4.41. The second-order valence-corrected chi connectivity index (χ2v) is 6.69. The second kappa shape index (κ2) is 5.50. The number of hydrogen-bond donors (Lipinski definition) is 1. The van der Waals surface area contributed by atoms with E-state index >= 15 is 0 Å². The fourth-order valence-corrected chi connectivity index (χ4v) is 3.91. The van der Waals surface area contributed by atoms with E-state index in [4.69, 9.17) is 0 Å². The molecule has 1 aromatic heterocycles. The molecule has 0 aliphatic rings. The molecule has 0 radical (unpaired) electrons. The van der Waals surface area contributed by atoms with Crippen LogP contribution in [0.3, 0.4) is 0 Å². The molecule has 2 aromatic rings. The number of benzene rings is 1. The zero-order valence-electron chi connectivity index (χ0n) is 10.8. The number of rotatable bonds is 2. The first-order chi connectivity index (χ1) is 9.21. The molecular weight excluding hydrogens is 353 g/mol. The van der Waals surface area contributed by atoms with Gasteiger partial charge in [0.25, 0.3) is 0 Å². The molecule has 1 N–H and O–H groups in total. The van der Waals surface area contributed by atoms with Crippen molar-refractivity contribution in [1.82, 2.24) is 0 Å². The Morgan fingerprint density at radius 1 is 1.20 bits per heavy atom. The first kappa shape index (κ1) is 15.5. The number of thiophene rings is 1. The van der Waals surface area contributed by atoms with Crippen LogP contribution in [-0.2, 0) is 6.18 Å². The number of aliphatic hydroxyl groups excluding tert-OH is 1. The average molecular weight is 365 g/mol. The van der Waals surface area contributed by atoms with Gasteiger partial charge in [0.05, 0.1) is 5.56 Å². The van der Waals surface area contributed by atoms with Gasteiger partial charge in [-0.15, -0.1) is 11.3 Å². The van der Waals surface area contributed by atoms with Gasteiger partial charge in [0.2, 0.25) is 0 Å². The van der Waals surface area contributed by atoms with Crippen molar-refractivity contribution in [1.29, 1.82) is 0 Å². The van der Waals surface area contributed by atoms with E-state index < -0.39 is 17.8 Å². The summed E-state index contributed by atoms with van der Waals surface area (Å²) in [6.07, 6.45) is -5.48. The molecule has 2 rings (SSSR count). The van der Waals surface area contributed by atoms with Crippen LogP contribution in [0.5, 0.6) is 0 Å². The summed E-state index contributed by atoms with van der Waals surface area (Å²) < 4.78 is 38.9. The van der Waals surface area contributed by atoms with E-state index in [-0.39, 0.29) is 5.56 Å². The molecule has 0 aliphatic heterocycles. The van der Waals surface area contributed by atoms with Crippen LogP contribution in [0.15, 0.2) is 28.7 Å². The maximum Gasteiger partial charge on any atom is 0.416 e. The van der Waals surface area contributed by atoms with Crippen LogP contribution in [-0.4, -0.2) is 5.11 Å². The number of hydrogen-bond acceptors (Lipinski definition) is 2. The molecule has 0 spiro atoms. The second-order valence-electron chi connectivity index (χ2n) is 4.47. The number of aryl methyl sites for hydroxylation is 2. The predicted octanol–water partition coefficient (Wildman–Crippen LogP) is 5.23. The number of halogens is 4. The molecule has 1 aromatic carbocycles. The van der Waals surface area contributed by atoms with Crippen molar-refractivity contribution in [2.45, 2.75) is 26.1 Å². The van der Waals surface area contributed by atoms with Crippen LogP contribution in [0.1, 0.15) is 32.5 Å². The molecular formula is C14H12BrF3OS. The molecule has 1 unspecified atom stereocenters. The highest BCUT2D eigenvalue weighted by Crippen LogP contribution is 2.39. The largest absolute Gasteiger partial charge is 0.416 e. The Labute approximate surface area is 127 Å². The van der Waals surface area contributed by atoms with Crippen molar-refractivity contribution in [2.24, 2.45) is 0 Å². The quantitative estimate of drug-likeness (QED) is 0.773. The SMILES string of the molecule is Cc1sc(C)c(C(O)c2cccc(C(F)(F)F)c2)c1Br.